The van der Waals surface area contributed by atoms with E-state index in [0.29, 0.717) is 39.6 Å². The van der Waals surface area contributed by atoms with Gasteiger partial charge < -0.3 is 29.3 Å². The van der Waals surface area contributed by atoms with Gasteiger partial charge in [-0.05, 0) is 77.7 Å². The van der Waals surface area contributed by atoms with Crippen LogP contribution >= 0.6 is 11.6 Å². The number of hydrogen-bond acceptors (Lipinski definition) is 8. The maximum absolute atomic E-state index is 13.8. The number of carbonyl (C=O) groups is 4. The molecule has 10 nitrogen and oxygen atoms in total. The number of hydrogen-bond donors (Lipinski definition) is 2. The van der Waals surface area contributed by atoms with Gasteiger partial charge in [0.2, 0.25) is 20.1 Å². The molecule has 0 bridgehead atoms. The van der Waals surface area contributed by atoms with Crippen LogP contribution in [0, 0.1) is 17.3 Å². The number of nitrogens with one attached hydrogen (secondary N) is 2. The molecule has 2 N–H and O–H groups in total. The number of cyclic esters (lactones) is 2. The number of amides is 2. The summed E-state index contributed by atoms with van der Waals surface area (Å²) in [5, 5.41) is 5.95. The zero-order valence-electron chi connectivity index (χ0n) is 36.6. The normalized spacial score (nSPS) is 21.2. The average Bonchev–Trinajstić information content (AvgIpc) is 3.14. The third-order valence-corrected chi connectivity index (χ3v) is 17.4. The van der Waals surface area contributed by atoms with Crippen LogP contribution in [0.1, 0.15) is 106 Å². The molecule has 3 rings (SSSR count). The average molecular weight is 840 g/mol. The Morgan fingerprint density at radius 2 is 1.52 bits per heavy atom. The van der Waals surface area contributed by atoms with Crippen LogP contribution in [0.3, 0.4) is 0 Å². The van der Waals surface area contributed by atoms with E-state index in [2.05, 4.69) is 64.3 Å². The number of carbonyl (C=O) groups excluding carboxylic acids is 4. The predicted octanol–water partition coefficient (Wildman–Crippen LogP) is 9.39. The second-order valence-electron chi connectivity index (χ2n) is 17.5. The van der Waals surface area contributed by atoms with Crippen molar-refractivity contribution in [2.45, 2.75) is 137 Å². The van der Waals surface area contributed by atoms with Gasteiger partial charge in [-0.3, -0.25) is 14.4 Å². The monoisotopic (exact) mass is 838 g/mol. The van der Waals surface area contributed by atoms with E-state index in [1.807, 2.05) is 45.1 Å². The molecule has 2 aromatic rings. The highest BCUT2D eigenvalue weighted by Gasteiger charge is 2.45. The van der Waals surface area contributed by atoms with Crippen molar-refractivity contribution < 1.29 is 37.8 Å². The lowest BCUT2D eigenvalue weighted by Crippen LogP contribution is -2.51. The molecule has 2 amide bonds. The Morgan fingerprint density at radius 3 is 2.09 bits per heavy atom. The Bertz CT molecular complexity index is 1730. The van der Waals surface area contributed by atoms with Crippen molar-refractivity contribution in [1.82, 2.24) is 10.6 Å². The van der Waals surface area contributed by atoms with E-state index in [-0.39, 0.29) is 37.6 Å². The lowest BCUT2D eigenvalue weighted by atomic mass is 9.93. The SMILES string of the molecule is COc1ccc(C[C@H]2NC(=O)/C=C/C[C@@H]([C@H](C)/C=C/c3ccc(CO[Si](C(C)C)(C(C)C)C(C)C)cc3)OC(=O)[C@H](CC(C)C)OC(=O)C(C)(C)CNC2=O)cc1Cl. The maximum Gasteiger partial charge on any atom is 0.347 e. The standard InChI is InChI=1S/C46H67ClN2O8Si/c1-29(2)24-41-44(52)56-39(33(9)16-17-34-18-20-35(21-19-34)27-55-58(30(3)4,31(5)6)32(7)8)14-13-15-42(50)49-38(26-36-22-23-40(54-12)37(47)25-36)43(51)48-28-46(10,11)45(53)57-41/h13,15-23,25,29-33,38-39,41H,14,24,26-28H2,1-12H3,(H,48,51)(H,49,50)/b15-13+,17-16+/t33-,38-,39+,41+/m1/s1. The number of halogens is 1. The molecule has 2 aromatic carbocycles. The summed E-state index contributed by atoms with van der Waals surface area (Å²) < 4.78 is 24.0. The van der Waals surface area contributed by atoms with Crippen molar-refractivity contribution >= 4 is 49.7 Å². The summed E-state index contributed by atoms with van der Waals surface area (Å²) in [6.07, 6.45) is 5.63. The Hall–Kier alpha value is -3.93. The van der Waals surface area contributed by atoms with Crippen molar-refractivity contribution in [2.75, 3.05) is 13.7 Å². The molecule has 58 heavy (non-hydrogen) atoms. The predicted molar refractivity (Wildman–Crippen MR) is 234 cm³/mol. The third kappa shape index (κ3) is 13.6. The molecule has 1 heterocycles. The highest BCUT2D eigenvalue weighted by molar-refractivity contribution is 6.77. The first-order valence-electron chi connectivity index (χ1n) is 20.6. The second-order valence-corrected chi connectivity index (χ2v) is 23.4. The van der Waals surface area contributed by atoms with Gasteiger partial charge in [0, 0.05) is 25.3 Å². The van der Waals surface area contributed by atoms with Crippen LogP contribution in [0.15, 0.2) is 60.7 Å². The fraction of sp³-hybridized carbons (Fsp3) is 0.565. The van der Waals surface area contributed by atoms with Gasteiger partial charge in [0.25, 0.3) is 0 Å². The van der Waals surface area contributed by atoms with Crippen LogP contribution in [0.2, 0.25) is 21.6 Å². The van der Waals surface area contributed by atoms with Gasteiger partial charge in [-0.15, -0.1) is 0 Å². The third-order valence-electron chi connectivity index (χ3n) is 11.0. The van der Waals surface area contributed by atoms with Gasteiger partial charge in [0.05, 0.1) is 24.2 Å². The molecule has 0 unspecified atom stereocenters. The summed E-state index contributed by atoms with van der Waals surface area (Å²) in [7, 11) is -0.495. The number of esters is 2. The highest BCUT2D eigenvalue weighted by atomic mass is 35.5. The van der Waals surface area contributed by atoms with E-state index < -0.39 is 55.7 Å². The van der Waals surface area contributed by atoms with Gasteiger partial charge in [-0.2, -0.15) is 0 Å². The Kier molecular flexibility index (Phi) is 18.3. The molecule has 0 aliphatic carbocycles. The topological polar surface area (TPSA) is 129 Å². The first-order chi connectivity index (χ1) is 27.2. The number of methoxy groups -OCH3 is 1. The van der Waals surface area contributed by atoms with Crippen molar-refractivity contribution in [3.8, 4) is 5.75 Å². The zero-order valence-corrected chi connectivity index (χ0v) is 38.4. The van der Waals surface area contributed by atoms with E-state index in [1.165, 1.54) is 13.2 Å². The number of rotatable bonds is 14. The molecule has 12 heteroatoms. The Labute approximate surface area is 353 Å². The molecule has 0 fully saturated rings. The van der Waals surface area contributed by atoms with Crippen LogP contribution < -0.4 is 15.4 Å². The van der Waals surface area contributed by atoms with Crippen LogP contribution in [0.4, 0.5) is 0 Å². The smallest absolute Gasteiger partial charge is 0.347 e. The van der Waals surface area contributed by atoms with Crippen LogP contribution in [-0.4, -0.2) is 64.0 Å². The van der Waals surface area contributed by atoms with Gasteiger partial charge in [0.15, 0.2) is 6.10 Å². The molecule has 0 spiro atoms. The van der Waals surface area contributed by atoms with Crippen molar-refractivity contribution in [3.05, 3.63) is 82.4 Å². The second kappa shape index (κ2) is 21.9. The highest BCUT2D eigenvalue weighted by Crippen LogP contribution is 2.42. The fourth-order valence-corrected chi connectivity index (χ4v) is 13.3. The molecule has 4 atom stereocenters. The van der Waals surface area contributed by atoms with Gasteiger partial charge in [-0.25, -0.2) is 4.79 Å². The molecule has 320 valence electrons. The first kappa shape index (κ1) is 48.4. The molecule has 0 saturated carbocycles. The van der Waals surface area contributed by atoms with E-state index in [9.17, 15) is 19.2 Å². The minimum atomic E-state index is -2.01. The molecule has 1 aliphatic rings. The van der Waals surface area contributed by atoms with E-state index in [1.54, 1.807) is 38.1 Å². The van der Waals surface area contributed by atoms with E-state index >= 15 is 0 Å². The summed E-state index contributed by atoms with van der Waals surface area (Å²) in [6, 6.07) is 12.4. The number of benzene rings is 2. The Balaban J connectivity index is 1.89. The van der Waals surface area contributed by atoms with E-state index in [4.69, 9.17) is 30.2 Å². The minimum absolute atomic E-state index is 0.0126. The molecule has 1 aliphatic heterocycles. The maximum atomic E-state index is 13.8. The number of ether oxygens (including phenoxy) is 3. The summed E-state index contributed by atoms with van der Waals surface area (Å²) in [5.74, 6) is -2.12. The van der Waals surface area contributed by atoms with Crippen molar-refractivity contribution in [3.63, 3.8) is 0 Å². The van der Waals surface area contributed by atoms with Crippen LogP contribution in [-0.2, 0) is 46.1 Å². The van der Waals surface area contributed by atoms with Gasteiger partial charge >= 0.3 is 11.9 Å². The largest absolute Gasteiger partial charge is 0.495 e. The zero-order chi connectivity index (χ0) is 43.4. The molecule has 0 radical (unpaired) electrons. The lowest BCUT2D eigenvalue weighted by molar-refractivity contribution is -0.178. The fourth-order valence-electron chi connectivity index (χ4n) is 7.64. The van der Waals surface area contributed by atoms with Crippen molar-refractivity contribution in [2.24, 2.45) is 17.3 Å². The summed E-state index contributed by atoms with van der Waals surface area (Å²) in [6.45, 7) is 23.2. The lowest BCUT2D eigenvalue weighted by Gasteiger charge is -2.42. The first-order valence-corrected chi connectivity index (χ1v) is 23.1. The summed E-state index contributed by atoms with van der Waals surface area (Å²) in [4.78, 5) is 54.2. The van der Waals surface area contributed by atoms with Crippen LogP contribution in [0.25, 0.3) is 6.08 Å². The van der Waals surface area contributed by atoms with Gasteiger partial charge in [0.1, 0.15) is 17.9 Å². The quantitative estimate of drug-likeness (QED) is 0.142. The molecule has 0 aromatic heterocycles. The minimum Gasteiger partial charge on any atom is -0.495 e. The Morgan fingerprint density at radius 1 is 0.897 bits per heavy atom. The van der Waals surface area contributed by atoms with Crippen LogP contribution in [0.5, 0.6) is 5.75 Å². The van der Waals surface area contributed by atoms with Gasteiger partial charge in [-0.1, -0.05) is 122 Å². The summed E-state index contributed by atoms with van der Waals surface area (Å²) >= 11 is 6.36. The molecular formula is C46H67ClN2O8Si. The molecular weight excluding hydrogens is 772 g/mol. The molecule has 0 saturated heterocycles. The van der Waals surface area contributed by atoms with E-state index in [0.717, 1.165) is 11.1 Å². The summed E-state index contributed by atoms with van der Waals surface area (Å²) in [5.41, 5.74) is 3.06. The van der Waals surface area contributed by atoms with Crippen molar-refractivity contribution in [1.29, 1.82) is 0 Å².